The van der Waals surface area contributed by atoms with Crippen molar-refractivity contribution in [2.24, 2.45) is 5.92 Å². The Kier molecular flexibility index (Phi) is 8.24. The number of hydrogen-bond acceptors (Lipinski definition) is 5. The van der Waals surface area contributed by atoms with Crippen LogP contribution in [0.3, 0.4) is 0 Å². The molecule has 0 saturated heterocycles. The smallest absolute Gasteiger partial charge is 0.358 e. The Hall–Kier alpha value is -2.14. The summed E-state index contributed by atoms with van der Waals surface area (Å²) in [5.41, 5.74) is 2.36. The van der Waals surface area contributed by atoms with Crippen molar-refractivity contribution in [2.75, 3.05) is 18.6 Å². The lowest BCUT2D eigenvalue weighted by molar-refractivity contribution is 0.0593. The number of anilines is 1. The van der Waals surface area contributed by atoms with Crippen molar-refractivity contribution in [2.45, 2.75) is 53.0 Å². The van der Waals surface area contributed by atoms with Gasteiger partial charge in [0.1, 0.15) is 5.82 Å². The summed E-state index contributed by atoms with van der Waals surface area (Å²) in [6, 6.07) is 6.22. The summed E-state index contributed by atoms with van der Waals surface area (Å²) in [5.74, 6) is 0.856. The van der Waals surface area contributed by atoms with Crippen molar-refractivity contribution in [3.8, 4) is 0 Å². The fourth-order valence-corrected chi connectivity index (χ4v) is 3.46. The van der Waals surface area contributed by atoms with Gasteiger partial charge in [0.15, 0.2) is 5.69 Å². The molecule has 0 spiro atoms. The largest absolute Gasteiger partial charge is 0.464 e. The monoisotopic (exact) mass is 403 g/mol. The maximum Gasteiger partial charge on any atom is 0.358 e. The third-order valence-corrected chi connectivity index (χ3v) is 5.75. The molecule has 28 heavy (non-hydrogen) atoms. The Labute approximate surface area is 173 Å². The first-order chi connectivity index (χ1) is 13.4. The summed E-state index contributed by atoms with van der Waals surface area (Å²) in [4.78, 5) is 22.7. The molecule has 0 N–H and O–H groups in total. The molecule has 0 radical (unpaired) electrons. The zero-order valence-corrected chi connectivity index (χ0v) is 18.2. The van der Waals surface area contributed by atoms with Crippen LogP contribution in [-0.4, -0.2) is 29.6 Å². The average molecular weight is 404 g/mol. The number of rotatable bonds is 9. The van der Waals surface area contributed by atoms with Crippen LogP contribution in [0.4, 0.5) is 5.82 Å². The van der Waals surface area contributed by atoms with Gasteiger partial charge in [-0.2, -0.15) is 0 Å². The first-order valence-electron chi connectivity index (χ1n) is 9.84. The number of ether oxygens (including phenoxy) is 1. The molecule has 0 fully saturated rings. The summed E-state index contributed by atoms with van der Waals surface area (Å²) in [5, 5.41) is 0.794. The molecule has 0 saturated carbocycles. The van der Waals surface area contributed by atoms with E-state index >= 15 is 0 Å². The van der Waals surface area contributed by atoms with Gasteiger partial charge in [0, 0.05) is 11.6 Å². The molecule has 5 nitrogen and oxygen atoms in total. The van der Waals surface area contributed by atoms with E-state index in [9.17, 15) is 4.79 Å². The van der Waals surface area contributed by atoms with Gasteiger partial charge in [0.05, 0.1) is 25.5 Å². The Morgan fingerprint density at radius 3 is 2.54 bits per heavy atom. The van der Waals surface area contributed by atoms with E-state index in [-0.39, 0.29) is 11.7 Å². The zero-order valence-electron chi connectivity index (χ0n) is 17.4. The Balaban J connectivity index is 2.42. The predicted octanol–water partition coefficient (Wildman–Crippen LogP) is 5.62. The molecule has 2 aromatic rings. The topological polar surface area (TPSA) is 55.3 Å². The second-order valence-electron chi connectivity index (χ2n) is 7.15. The minimum atomic E-state index is -0.487. The Morgan fingerprint density at radius 1 is 1.21 bits per heavy atom. The van der Waals surface area contributed by atoms with Gasteiger partial charge in [0.2, 0.25) is 0 Å². The van der Waals surface area contributed by atoms with Crippen molar-refractivity contribution in [1.29, 1.82) is 0 Å². The molecular weight excluding hydrogens is 374 g/mol. The maximum absolute atomic E-state index is 11.7. The summed E-state index contributed by atoms with van der Waals surface area (Å²) in [6.45, 7) is 9.46. The Morgan fingerprint density at radius 2 is 1.96 bits per heavy atom. The number of aryl methyl sites for hydroxylation is 1. The van der Waals surface area contributed by atoms with Crippen LogP contribution >= 0.6 is 11.6 Å². The highest BCUT2D eigenvalue weighted by Gasteiger charge is 2.24. The summed E-state index contributed by atoms with van der Waals surface area (Å²) >= 11 is 6.65. The van der Waals surface area contributed by atoms with Gasteiger partial charge in [-0.1, -0.05) is 57.0 Å². The molecule has 0 aliphatic carbocycles. The van der Waals surface area contributed by atoms with Crippen LogP contribution in [-0.2, 0) is 4.74 Å². The first-order valence-corrected chi connectivity index (χ1v) is 10.2. The highest BCUT2D eigenvalue weighted by atomic mass is 35.5. The number of benzene rings is 1. The van der Waals surface area contributed by atoms with Crippen LogP contribution in [0.15, 0.2) is 30.6 Å². The number of halogens is 1. The van der Waals surface area contributed by atoms with Gasteiger partial charge >= 0.3 is 5.97 Å². The van der Waals surface area contributed by atoms with E-state index < -0.39 is 5.97 Å². The van der Waals surface area contributed by atoms with Crippen molar-refractivity contribution in [1.82, 2.24) is 9.97 Å². The van der Waals surface area contributed by atoms with Gasteiger partial charge < -0.3 is 9.64 Å². The summed E-state index contributed by atoms with van der Waals surface area (Å²) in [6.07, 6.45) is 6.17. The fourth-order valence-electron chi connectivity index (χ4n) is 3.21. The number of hydrogen-bond donors (Lipinski definition) is 0. The molecule has 0 aliphatic rings. The predicted molar refractivity (Wildman–Crippen MR) is 114 cm³/mol. The number of aromatic nitrogens is 2. The molecule has 2 rings (SSSR count). The number of nitrogens with zero attached hydrogens (tertiary/aromatic N) is 3. The molecule has 1 aromatic heterocycles. The first kappa shape index (κ1) is 22.2. The third kappa shape index (κ3) is 5.22. The molecule has 2 unspecified atom stereocenters. The molecule has 0 amide bonds. The minimum absolute atomic E-state index is 0.0785. The second-order valence-corrected chi connectivity index (χ2v) is 7.53. The standard InChI is InChI=1S/C22H30ClN3O2/c1-6-15(3)11-12-26(20-14-24-18(13-25-20)22(27)28-5)19(7-2)17-10-8-9-16(4)21(17)23/h8-10,13-15,19H,6-7,11-12H2,1-5H3. The summed E-state index contributed by atoms with van der Waals surface area (Å²) in [7, 11) is 1.34. The molecule has 6 heteroatoms. The maximum atomic E-state index is 11.7. The molecule has 1 heterocycles. The number of esters is 1. The van der Waals surface area contributed by atoms with Gasteiger partial charge in [-0.25, -0.2) is 14.8 Å². The highest BCUT2D eigenvalue weighted by molar-refractivity contribution is 6.32. The second kappa shape index (κ2) is 10.4. The molecule has 0 bridgehead atoms. The van der Waals surface area contributed by atoms with Crippen LogP contribution in [0, 0.1) is 12.8 Å². The van der Waals surface area contributed by atoms with E-state index in [2.05, 4.69) is 41.7 Å². The van der Waals surface area contributed by atoms with Crippen LogP contribution in [0.5, 0.6) is 0 Å². The van der Waals surface area contributed by atoms with E-state index in [0.717, 1.165) is 47.8 Å². The lowest BCUT2D eigenvalue weighted by Crippen LogP contribution is -2.31. The Bertz CT molecular complexity index is 780. The molecule has 152 valence electrons. The summed E-state index contributed by atoms with van der Waals surface area (Å²) < 4.78 is 4.72. The van der Waals surface area contributed by atoms with Gasteiger partial charge in [-0.3, -0.25) is 0 Å². The molecular formula is C22H30ClN3O2. The normalized spacial score (nSPS) is 13.1. The van der Waals surface area contributed by atoms with Gasteiger partial charge in [-0.05, 0) is 36.8 Å². The van der Waals surface area contributed by atoms with E-state index in [1.165, 1.54) is 13.3 Å². The van der Waals surface area contributed by atoms with Crippen LogP contribution < -0.4 is 4.90 Å². The van der Waals surface area contributed by atoms with Gasteiger partial charge in [-0.15, -0.1) is 0 Å². The van der Waals surface area contributed by atoms with E-state index in [1.54, 1.807) is 6.20 Å². The highest BCUT2D eigenvalue weighted by Crippen LogP contribution is 2.34. The minimum Gasteiger partial charge on any atom is -0.464 e. The lowest BCUT2D eigenvalue weighted by Gasteiger charge is -2.34. The van der Waals surface area contributed by atoms with Crippen LogP contribution in [0.1, 0.15) is 67.7 Å². The number of carbonyl (C=O) groups excluding carboxylic acids is 1. The van der Waals surface area contributed by atoms with Gasteiger partial charge in [0.25, 0.3) is 0 Å². The van der Waals surface area contributed by atoms with Crippen molar-refractivity contribution < 1.29 is 9.53 Å². The SMILES string of the molecule is CCC(C)CCN(c1cnc(C(=O)OC)cn1)C(CC)c1cccc(C)c1Cl. The number of methoxy groups -OCH3 is 1. The van der Waals surface area contributed by atoms with Crippen molar-refractivity contribution in [3.63, 3.8) is 0 Å². The van der Waals surface area contributed by atoms with E-state index in [0.29, 0.717) is 5.92 Å². The average Bonchev–Trinajstić information content (AvgIpc) is 2.72. The van der Waals surface area contributed by atoms with Crippen molar-refractivity contribution >= 4 is 23.4 Å². The van der Waals surface area contributed by atoms with Crippen LogP contribution in [0.2, 0.25) is 5.02 Å². The lowest BCUT2D eigenvalue weighted by atomic mass is 9.98. The third-order valence-electron chi connectivity index (χ3n) is 5.23. The van der Waals surface area contributed by atoms with E-state index in [4.69, 9.17) is 16.3 Å². The van der Waals surface area contributed by atoms with E-state index in [1.807, 2.05) is 19.1 Å². The fraction of sp³-hybridized carbons (Fsp3) is 0.500. The molecule has 1 aromatic carbocycles. The van der Waals surface area contributed by atoms with Crippen molar-refractivity contribution in [3.05, 3.63) is 52.4 Å². The van der Waals surface area contributed by atoms with Crippen LogP contribution in [0.25, 0.3) is 0 Å². The quantitative estimate of drug-likeness (QED) is 0.508. The number of carbonyl (C=O) groups is 1. The zero-order chi connectivity index (χ0) is 20.7. The molecule has 0 aliphatic heterocycles. The molecule has 2 atom stereocenters.